The summed E-state index contributed by atoms with van der Waals surface area (Å²) >= 11 is 2.93. The first-order valence-corrected chi connectivity index (χ1v) is 18.5. The van der Waals surface area contributed by atoms with Crippen molar-refractivity contribution < 1.29 is 16.8 Å². The highest BCUT2D eigenvalue weighted by Gasteiger charge is 2.20. The molecular weight excluding hydrogens is 605 g/mol. The molecule has 0 atom stereocenters. The molecule has 0 unspecified atom stereocenters. The third kappa shape index (κ3) is 13.4. The van der Waals surface area contributed by atoms with Gasteiger partial charge in [-0.3, -0.25) is 4.99 Å². The molecule has 0 aliphatic heterocycles. The van der Waals surface area contributed by atoms with Crippen molar-refractivity contribution in [3.05, 3.63) is 35.3 Å². The Balaban J connectivity index is 1.81. The van der Waals surface area contributed by atoms with Crippen LogP contribution in [-0.4, -0.2) is 59.6 Å². The van der Waals surface area contributed by atoms with Crippen molar-refractivity contribution in [2.75, 3.05) is 25.9 Å². The molecule has 1 heterocycles. The van der Waals surface area contributed by atoms with Crippen LogP contribution in [0.2, 0.25) is 0 Å². The maximum Gasteiger partial charge on any atom is 0.264 e. The van der Waals surface area contributed by atoms with Crippen molar-refractivity contribution in [1.29, 1.82) is 0 Å². The van der Waals surface area contributed by atoms with E-state index in [-0.39, 0.29) is 21.7 Å². The molecule has 0 fully saturated rings. The normalized spacial score (nSPS) is 12.3. The molecule has 16 heteroatoms. The zero-order valence-corrected chi connectivity index (χ0v) is 26.9. The minimum atomic E-state index is -4.07. The molecule has 1 aromatic carbocycles. The van der Waals surface area contributed by atoms with Crippen molar-refractivity contribution in [3.63, 3.8) is 0 Å². The average molecular weight is 647 g/mol. The number of nitrogens with zero attached hydrogens (tertiary/aromatic N) is 3. The number of aliphatic imine (C=N–C) groups is 2. The van der Waals surface area contributed by atoms with Crippen LogP contribution in [0, 0.1) is 0 Å². The van der Waals surface area contributed by atoms with Gasteiger partial charge < -0.3 is 16.8 Å². The van der Waals surface area contributed by atoms with Crippen molar-refractivity contribution >= 4 is 60.2 Å². The summed E-state index contributed by atoms with van der Waals surface area (Å²) in [5.74, 6) is 1.29. The van der Waals surface area contributed by atoms with Crippen LogP contribution in [0.5, 0.6) is 0 Å². The third-order valence-electron chi connectivity index (χ3n) is 5.76. The highest BCUT2D eigenvalue weighted by Crippen LogP contribution is 2.21. The zero-order chi connectivity index (χ0) is 30.1. The van der Waals surface area contributed by atoms with Gasteiger partial charge in [-0.25, -0.2) is 31.3 Å². The number of sulfonamides is 2. The Bertz CT molecular complexity index is 1340. The van der Waals surface area contributed by atoms with E-state index in [2.05, 4.69) is 36.7 Å². The Morgan fingerprint density at radius 1 is 0.976 bits per heavy atom. The molecule has 0 spiro atoms. The second kappa shape index (κ2) is 18.2. The molecule has 0 aliphatic rings. The molecule has 2 aromatic rings. The number of benzene rings is 1. The van der Waals surface area contributed by atoms with Gasteiger partial charge in [0.1, 0.15) is 0 Å². The number of guanidine groups is 2. The van der Waals surface area contributed by atoms with Crippen molar-refractivity contribution in [1.82, 2.24) is 19.7 Å². The Kier molecular flexibility index (Phi) is 15.5. The standard InChI is InChI=1S/C25H42N8O4S4/c1-3-4-5-6-7-8-9-10-14-30-40(34,35)21-12-11-13-22(17-21)41(36,37)33-24(28-2)29-15-16-38-18-20-19-39-25(31-20)32-23(26)27/h11-13,17,19,30H,3-10,14-16,18H2,1-2H3,(H2,28,29,33)(H4,26,27,31,32). The van der Waals surface area contributed by atoms with Crippen LogP contribution >= 0.6 is 23.1 Å². The van der Waals surface area contributed by atoms with Crippen LogP contribution in [-0.2, 0) is 25.8 Å². The van der Waals surface area contributed by atoms with E-state index >= 15 is 0 Å². The van der Waals surface area contributed by atoms with Crippen molar-refractivity contribution in [2.24, 2.45) is 21.5 Å². The Labute approximate surface area is 252 Å². The lowest BCUT2D eigenvalue weighted by atomic mass is 10.1. The number of thioether (sulfide) groups is 1. The van der Waals surface area contributed by atoms with Crippen molar-refractivity contribution in [2.45, 2.75) is 73.8 Å². The topological polar surface area (TPSA) is 194 Å². The van der Waals surface area contributed by atoms with Crippen LogP contribution in [0.4, 0.5) is 5.13 Å². The van der Waals surface area contributed by atoms with Gasteiger partial charge in [-0.15, -0.1) is 11.3 Å². The zero-order valence-electron chi connectivity index (χ0n) is 23.6. The smallest absolute Gasteiger partial charge is 0.264 e. The van der Waals surface area contributed by atoms with Crippen LogP contribution in [0.3, 0.4) is 0 Å². The minimum Gasteiger partial charge on any atom is -0.370 e. The van der Waals surface area contributed by atoms with Crippen LogP contribution in [0.25, 0.3) is 0 Å². The number of thiazole rings is 1. The first-order valence-electron chi connectivity index (χ1n) is 13.5. The summed E-state index contributed by atoms with van der Waals surface area (Å²) < 4.78 is 56.4. The van der Waals surface area contributed by atoms with Gasteiger partial charge in [0.05, 0.1) is 15.5 Å². The summed E-state index contributed by atoms with van der Waals surface area (Å²) in [6, 6.07) is 5.27. The summed E-state index contributed by atoms with van der Waals surface area (Å²) in [4.78, 5) is 11.9. The quantitative estimate of drug-likeness (QED) is 0.0865. The van der Waals surface area contributed by atoms with Gasteiger partial charge in [0, 0.05) is 37.0 Å². The molecule has 0 radical (unpaired) electrons. The number of nitrogens with one attached hydrogen (secondary N) is 3. The lowest BCUT2D eigenvalue weighted by molar-refractivity contribution is 0.559. The Morgan fingerprint density at radius 3 is 2.29 bits per heavy atom. The second-order valence-corrected chi connectivity index (χ2v) is 14.6. The number of aromatic nitrogens is 1. The molecule has 12 nitrogen and oxygen atoms in total. The van der Waals surface area contributed by atoms with E-state index in [1.165, 1.54) is 62.3 Å². The predicted molar refractivity (Wildman–Crippen MR) is 170 cm³/mol. The van der Waals surface area contributed by atoms with Crippen LogP contribution in [0.1, 0.15) is 64.0 Å². The first kappa shape index (κ1) is 34.8. The summed E-state index contributed by atoms with van der Waals surface area (Å²) in [5.41, 5.74) is 11.6. The van der Waals surface area contributed by atoms with E-state index in [0.717, 1.165) is 37.4 Å². The third-order valence-corrected chi connectivity index (χ3v) is 10.3. The second-order valence-electron chi connectivity index (χ2n) is 9.16. The average Bonchev–Trinajstić information content (AvgIpc) is 3.37. The van der Waals surface area contributed by atoms with Gasteiger partial charge in [0.15, 0.2) is 5.96 Å². The maximum atomic E-state index is 13.0. The molecule has 2 rings (SSSR count). The molecular formula is C25H42N8O4S4. The largest absolute Gasteiger partial charge is 0.370 e. The molecule has 0 saturated carbocycles. The van der Waals surface area contributed by atoms with Gasteiger partial charge in [-0.2, -0.15) is 16.8 Å². The van der Waals surface area contributed by atoms with E-state index in [1.54, 1.807) is 11.8 Å². The number of rotatable bonds is 19. The summed E-state index contributed by atoms with van der Waals surface area (Å²) in [6.07, 6.45) is 8.84. The summed E-state index contributed by atoms with van der Waals surface area (Å²) in [7, 11) is -6.47. The van der Waals surface area contributed by atoms with Gasteiger partial charge >= 0.3 is 0 Å². The number of hydrogen-bond acceptors (Lipinski definition) is 9. The van der Waals surface area contributed by atoms with Crippen molar-refractivity contribution in [3.8, 4) is 0 Å². The highest BCUT2D eigenvalue weighted by atomic mass is 32.2. The van der Waals surface area contributed by atoms with Crippen LogP contribution < -0.4 is 26.2 Å². The van der Waals surface area contributed by atoms with Gasteiger partial charge in [0.25, 0.3) is 10.0 Å². The number of hydrogen-bond donors (Lipinski definition) is 5. The first-order chi connectivity index (χ1) is 19.6. The van der Waals surface area contributed by atoms with Gasteiger partial charge in [0.2, 0.25) is 21.1 Å². The van der Waals surface area contributed by atoms with E-state index in [4.69, 9.17) is 11.5 Å². The molecule has 230 valence electrons. The van der Waals surface area contributed by atoms with Gasteiger partial charge in [-0.1, -0.05) is 57.9 Å². The van der Waals surface area contributed by atoms with E-state index in [0.29, 0.717) is 29.7 Å². The SMILES string of the molecule is CCCCCCCCCCNS(=O)(=O)c1cccc(S(=O)(=O)NC(=NC)NCCSCc2csc(N=C(N)N)n2)c1. The molecule has 41 heavy (non-hydrogen) atoms. The summed E-state index contributed by atoms with van der Waals surface area (Å²) in [5, 5.41) is 5.31. The number of nitrogens with two attached hydrogens (primary N) is 2. The lowest BCUT2D eigenvalue weighted by Gasteiger charge is -2.13. The van der Waals surface area contributed by atoms with E-state index in [1.807, 2.05) is 5.38 Å². The minimum absolute atomic E-state index is 0.0457. The fourth-order valence-electron chi connectivity index (χ4n) is 3.65. The Morgan fingerprint density at radius 2 is 1.63 bits per heavy atom. The molecule has 0 saturated heterocycles. The summed E-state index contributed by atoms with van der Waals surface area (Å²) in [6.45, 7) is 2.92. The molecule has 0 amide bonds. The maximum absolute atomic E-state index is 13.0. The molecule has 0 bridgehead atoms. The van der Waals surface area contributed by atoms with E-state index in [9.17, 15) is 16.8 Å². The van der Waals surface area contributed by atoms with Crippen LogP contribution in [0.15, 0.2) is 49.4 Å². The molecule has 7 N–H and O–H groups in total. The Hall–Kier alpha value is -2.40. The monoisotopic (exact) mass is 646 g/mol. The molecule has 1 aromatic heterocycles. The molecule has 0 aliphatic carbocycles. The number of unbranched alkanes of at least 4 members (excludes halogenated alkanes) is 7. The predicted octanol–water partition coefficient (Wildman–Crippen LogP) is 3.25. The van der Waals surface area contributed by atoms with Gasteiger partial charge in [-0.05, 0) is 24.6 Å². The fraction of sp³-hybridized carbons (Fsp3) is 0.560. The highest BCUT2D eigenvalue weighted by molar-refractivity contribution is 7.98. The lowest BCUT2D eigenvalue weighted by Crippen LogP contribution is -2.41. The van der Waals surface area contributed by atoms with E-state index < -0.39 is 20.0 Å². The fourth-order valence-corrected chi connectivity index (χ4v) is 7.48.